The molecule has 2 aliphatic carbocycles. The van der Waals surface area contributed by atoms with Gasteiger partial charge in [-0.15, -0.1) is 0 Å². The predicted octanol–water partition coefficient (Wildman–Crippen LogP) is 8.41. The third kappa shape index (κ3) is 7.37. The zero-order valence-electron chi connectivity index (χ0n) is 18.1. The van der Waals surface area contributed by atoms with Crippen molar-refractivity contribution in [1.82, 2.24) is 0 Å². The van der Waals surface area contributed by atoms with Gasteiger partial charge in [-0.3, -0.25) is 0 Å². The summed E-state index contributed by atoms with van der Waals surface area (Å²) >= 11 is 0. The first-order valence-corrected chi connectivity index (χ1v) is 11.8. The zero-order valence-corrected chi connectivity index (χ0v) is 18.1. The van der Waals surface area contributed by atoms with E-state index < -0.39 is 17.6 Å². The third-order valence-corrected chi connectivity index (χ3v) is 7.47. The quantitative estimate of drug-likeness (QED) is 0.240. The van der Waals surface area contributed by atoms with Crippen molar-refractivity contribution in [2.45, 2.75) is 83.2 Å². The highest BCUT2D eigenvalue weighted by molar-refractivity contribution is 5.24. The summed E-state index contributed by atoms with van der Waals surface area (Å²) in [5.41, 5.74) is 0.407. The molecule has 0 heterocycles. The number of rotatable bonds is 7. The highest BCUT2D eigenvalue weighted by Gasteiger charge is 2.31. The van der Waals surface area contributed by atoms with Crippen LogP contribution in [0.3, 0.4) is 0 Å². The van der Waals surface area contributed by atoms with Crippen LogP contribution in [0.4, 0.5) is 17.6 Å². The Bertz CT molecular complexity index is 743. The lowest BCUT2D eigenvalue weighted by Gasteiger charge is -2.37. The van der Waals surface area contributed by atoms with Crippen LogP contribution in [-0.4, -0.2) is 0 Å². The first-order valence-electron chi connectivity index (χ1n) is 11.8. The van der Waals surface area contributed by atoms with Gasteiger partial charge in [0.05, 0.1) is 5.56 Å². The van der Waals surface area contributed by atoms with E-state index in [1.165, 1.54) is 50.3 Å². The lowest BCUT2D eigenvalue weighted by molar-refractivity contribution is -0.137. The lowest BCUT2D eigenvalue weighted by Crippen LogP contribution is -2.25. The molecule has 1 aromatic carbocycles. The van der Waals surface area contributed by atoms with Gasteiger partial charge in [-0.05, 0) is 98.8 Å². The largest absolute Gasteiger partial charge is 0.416 e. The molecule has 2 aliphatic rings. The fourth-order valence-corrected chi connectivity index (χ4v) is 5.60. The van der Waals surface area contributed by atoms with Crippen molar-refractivity contribution < 1.29 is 17.6 Å². The minimum absolute atomic E-state index is 0.233. The summed E-state index contributed by atoms with van der Waals surface area (Å²) in [5, 5.41) is 8.59. The smallest absolute Gasteiger partial charge is 0.195 e. The molecule has 0 saturated heterocycles. The number of unbranched alkanes of at least 4 members (excludes halogenated alkanes) is 1. The molecule has 0 spiro atoms. The molecule has 0 N–H and O–H groups in total. The van der Waals surface area contributed by atoms with E-state index in [-0.39, 0.29) is 5.92 Å². The predicted molar refractivity (Wildman–Crippen MR) is 115 cm³/mol. The number of hydrogen-bond acceptors (Lipinski definition) is 1. The van der Waals surface area contributed by atoms with E-state index in [2.05, 4.69) is 0 Å². The summed E-state index contributed by atoms with van der Waals surface area (Å²) < 4.78 is 51.0. The Morgan fingerprint density at radius 2 is 1.48 bits per heavy atom. The van der Waals surface area contributed by atoms with Crippen molar-refractivity contribution in [3.63, 3.8) is 0 Å². The summed E-state index contributed by atoms with van der Waals surface area (Å²) in [6.07, 6.45) is 11.0. The molecule has 0 aliphatic heterocycles. The van der Waals surface area contributed by atoms with Crippen molar-refractivity contribution in [3.05, 3.63) is 47.3 Å². The molecule has 0 bridgehead atoms. The zero-order chi connectivity index (χ0) is 22.3. The van der Waals surface area contributed by atoms with E-state index in [0.717, 1.165) is 68.3 Å². The Morgan fingerprint density at radius 1 is 0.903 bits per heavy atom. The van der Waals surface area contributed by atoms with Crippen molar-refractivity contribution in [3.8, 4) is 6.07 Å². The standard InChI is InChI=1S/C26H33F4N/c27-25(18-31)17-21-7-13-23(14-8-21)22-11-5-19(6-12-22)3-1-2-4-20-9-15-24(16-10-20)26(28,29)30/h9-10,15-17,19,21-23H,1-8,11-14H2/t19-,21-,22-,23-. The van der Waals surface area contributed by atoms with Crippen molar-refractivity contribution >= 4 is 0 Å². The van der Waals surface area contributed by atoms with E-state index >= 15 is 0 Å². The Morgan fingerprint density at radius 3 is 2.03 bits per heavy atom. The fraction of sp³-hybridized carbons (Fsp3) is 0.654. The molecular weight excluding hydrogens is 402 g/mol. The highest BCUT2D eigenvalue weighted by Crippen LogP contribution is 2.42. The van der Waals surface area contributed by atoms with Gasteiger partial charge in [0.1, 0.15) is 6.07 Å². The Balaban J connectivity index is 1.30. The van der Waals surface area contributed by atoms with E-state index in [1.54, 1.807) is 18.2 Å². The number of alkyl halides is 3. The van der Waals surface area contributed by atoms with Crippen LogP contribution in [0.1, 0.15) is 81.8 Å². The number of nitriles is 1. The maximum atomic E-state index is 13.2. The molecule has 2 fully saturated rings. The SMILES string of the molecule is N#CC(F)=C[C@H]1CC[C@H]([C@H]2CC[C@H](CCCCc3ccc(C(F)(F)F)cc3)CC2)CC1. The van der Waals surface area contributed by atoms with Crippen LogP contribution < -0.4 is 0 Å². The van der Waals surface area contributed by atoms with Crippen molar-refractivity contribution in [1.29, 1.82) is 5.26 Å². The number of benzene rings is 1. The number of halogens is 4. The molecule has 3 rings (SSSR count). The van der Waals surface area contributed by atoms with Gasteiger partial charge in [-0.1, -0.05) is 37.8 Å². The molecule has 170 valence electrons. The second kappa shape index (κ2) is 11.2. The van der Waals surface area contributed by atoms with Gasteiger partial charge in [0.2, 0.25) is 0 Å². The summed E-state index contributed by atoms with van der Waals surface area (Å²) in [6, 6.07) is 7.15. The minimum Gasteiger partial charge on any atom is -0.195 e. The van der Waals surface area contributed by atoms with E-state index in [1.807, 2.05) is 0 Å². The van der Waals surface area contributed by atoms with Gasteiger partial charge in [-0.25, -0.2) is 0 Å². The van der Waals surface area contributed by atoms with Gasteiger partial charge in [0.25, 0.3) is 0 Å². The van der Waals surface area contributed by atoms with Crippen LogP contribution in [0, 0.1) is 35.0 Å². The fourth-order valence-electron chi connectivity index (χ4n) is 5.60. The lowest BCUT2D eigenvalue weighted by atomic mass is 9.68. The van der Waals surface area contributed by atoms with E-state index in [4.69, 9.17) is 5.26 Å². The van der Waals surface area contributed by atoms with Crippen LogP contribution in [0.2, 0.25) is 0 Å². The molecule has 31 heavy (non-hydrogen) atoms. The average Bonchev–Trinajstić information content (AvgIpc) is 2.77. The van der Waals surface area contributed by atoms with Crippen molar-refractivity contribution in [2.75, 3.05) is 0 Å². The molecule has 5 heteroatoms. The Hall–Kier alpha value is -1.83. The van der Waals surface area contributed by atoms with Crippen LogP contribution in [0.5, 0.6) is 0 Å². The van der Waals surface area contributed by atoms with Crippen LogP contribution in [-0.2, 0) is 12.6 Å². The number of aryl methyl sites for hydroxylation is 1. The molecule has 1 aromatic rings. The summed E-state index contributed by atoms with van der Waals surface area (Å²) in [4.78, 5) is 0. The number of nitrogens with zero attached hydrogens (tertiary/aromatic N) is 1. The Labute approximate surface area is 183 Å². The number of hydrogen-bond donors (Lipinski definition) is 0. The van der Waals surface area contributed by atoms with Gasteiger partial charge >= 0.3 is 6.18 Å². The van der Waals surface area contributed by atoms with Crippen LogP contribution >= 0.6 is 0 Å². The first kappa shape index (κ1) is 23.8. The van der Waals surface area contributed by atoms with Gasteiger partial charge in [-0.2, -0.15) is 22.8 Å². The van der Waals surface area contributed by atoms with Gasteiger partial charge in [0.15, 0.2) is 5.83 Å². The van der Waals surface area contributed by atoms with Crippen molar-refractivity contribution in [2.24, 2.45) is 23.7 Å². The molecule has 0 radical (unpaired) electrons. The maximum Gasteiger partial charge on any atom is 0.416 e. The second-order valence-electron chi connectivity index (χ2n) is 9.52. The first-order chi connectivity index (χ1) is 14.8. The van der Waals surface area contributed by atoms with E-state index in [0.29, 0.717) is 0 Å². The minimum atomic E-state index is -4.26. The normalized spacial score (nSPS) is 27.6. The molecule has 0 aromatic heterocycles. The van der Waals surface area contributed by atoms with E-state index in [9.17, 15) is 17.6 Å². The maximum absolute atomic E-state index is 13.2. The molecule has 2 saturated carbocycles. The van der Waals surface area contributed by atoms with Crippen LogP contribution in [0.15, 0.2) is 36.2 Å². The summed E-state index contributed by atoms with van der Waals surface area (Å²) in [7, 11) is 0. The Kier molecular flexibility index (Phi) is 8.58. The topological polar surface area (TPSA) is 23.8 Å². The molecule has 1 nitrogen and oxygen atoms in total. The summed E-state index contributed by atoms with van der Waals surface area (Å²) in [6.45, 7) is 0. The monoisotopic (exact) mass is 435 g/mol. The number of allylic oxidation sites excluding steroid dienone is 2. The molecular formula is C26H33F4N. The molecule has 0 amide bonds. The average molecular weight is 436 g/mol. The van der Waals surface area contributed by atoms with Crippen LogP contribution in [0.25, 0.3) is 0 Å². The second-order valence-corrected chi connectivity index (χ2v) is 9.52. The summed E-state index contributed by atoms with van der Waals surface area (Å²) in [5.74, 6) is 1.94. The molecule has 0 atom stereocenters. The van der Waals surface area contributed by atoms with Gasteiger partial charge in [0, 0.05) is 0 Å². The van der Waals surface area contributed by atoms with Gasteiger partial charge < -0.3 is 0 Å². The molecule has 0 unspecified atom stereocenters. The highest BCUT2D eigenvalue weighted by atomic mass is 19.4. The third-order valence-electron chi connectivity index (χ3n) is 7.47.